The average Bonchev–Trinajstić information content (AvgIpc) is 2.78. The Hall–Kier alpha value is -3.41. The number of carboxylic acids is 1. The SMILES string of the molecule is O=C(O)[C@@H]1CC=CC[C@H]1C(=O)Nc1ccc(C(=O)N2CCCc3ccccc32)cc1. The Kier molecular flexibility index (Phi) is 5.65. The number of nitrogens with zero attached hydrogens (tertiary/aromatic N) is 1. The molecule has 2 aromatic carbocycles. The van der Waals surface area contributed by atoms with Gasteiger partial charge in [0.05, 0.1) is 11.8 Å². The van der Waals surface area contributed by atoms with Gasteiger partial charge < -0.3 is 15.3 Å². The lowest BCUT2D eigenvalue weighted by Crippen LogP contribution is -2.35. The summed E-state index contributed by atoms with van der Waals surface area (Å²) in [5.41, 5.74) is 3.23. The number of nitrogens with one attached hydrogen (secondary N) is 1. The Labute approximate surface area is 175 Å². The lowest BCUT2D eigenvalue weighted by Gasteiger charge is -2.29. The molecule has 1 heterocycles. The maximum atomic E-state index is 13.0. The van der Waals surface area contributed by atoms with Crippen LogP contribution >= 0.6 is 0 Å². The molecule has 0 saturated heterocycles. The van der Waals surface area contributed by atoms with Gasteiger partial charge in [-0.15, -0.1) is 0 Å². The molecule has 30 heavy (non-hydrogen) atoms. The van der Waals surface area contributed by atoms with Crippen LogP contribution in [0.5, 0.6) is 0 Å². The number of hydrogen-bond acceptors (Lipinski definition) is 3. The van der Waals surface area contributed by atoms with E-state index in [1.807, 2.05) is 30.4 Å². The van der Waals surface area contributed by atoms with Gasteiger partial charge in [-0.1, -0.05) is 30.4 Å². The minimum absolute atomic E-state index is 0.0663. The van der Waals surface area contributed by atoms with Crippen LogP contribution in [0.2, 0.25) is 0 Å². The highest BCUT2D eigenvalue weighted by molar-refractivity contribution is 6.07. The van der Waals surface area contributed by atoms with Gasteiger partial charge in [-0.25, -0.2) is 0 Å². The molecule has 1 aliphatic carbocycles. The Balaban J connectivity index is 1.46. The van der Waals surface area contributed by atoms with Crippen LogP contribution in [0.4, 0.5) is 11.4 Å². The number of allylic oxidation sites excluding steroid dienone is 2. The van der Waals surface area contributed by atoms with Gasteiger partial charge in [-0.3, -0.25) is 14.4 Å². The number of aliphatic carboxylic acids is 1. The summed E-state index contributed by atoms with van der Waals surface area (Å²) >= 11 is 0. The summed E-state index contributed by atoms with van der Waals surface area (Å²) in [5.74, 6) is -2.64. The van der Waals surface area contributed by atoms with Crippen LogP contribution in [0.3, 0.4) is 0 Å². The number of carboxylic acid groups (broad SMARTS) is 1. The number of rotatable bonds is 4. The zero-order valence-corrected chi connectivity index (χ0v) is 16.6. The van der Waals surface area contributed by atoms with Gasteiger partial charge in [0.15, 0.2) is 0 Å². The quantitative estimate of drug-likeness (QED) is 0.757. The fourth-order valence-electron chi connectivity index (χ4n) is 4.21. The van der Waals surface area contributed by atoms with E-state index in [2.05, 4.69) is 11.4 Å². The van der Waals surface area contributed by atoms with E-state index in [4.69, 9.17) is 0 Å². The molecular weight excluding hydrogens is 380 g/mol. The molecule has 1 aliphatic heterocycles. The number of carbonyl (C=O) groups is 3. The monoisotopic (exact) mass is 404 g/mol. The van der Waals surface area contributed by atoms with Crippen molar-refractivity contribution in [3.8, 4) is 0 Å². The molecule has 0 unspecified atom stereocenters. The Morgan fingerprint density at radius 1 is 0.933 bits per heavy atom. The lowest BCUT2D eigenvalue weighted by atomic mass is 9.82. The third-order valence-corrected chi connectivity index (χ3v) is 5.84. The van der Waals surface area contributed by atoms with Crippen molar-refractivity contribution >= 4 is 29.2 Å². The molecule has 0 aromatic heterocycles. The molecule has 2 N–H and O–H groups in total. The van der Waals surface area contributed by atoms with Crippen LogP contribution in [0.25, 0.3) is 0 Å². The second-order valence-corrected chi connectivity index (χ2v) is 7.75. The molecule has 6 heteroatoms. The fourth-order valence-corrected chi connectivity index (χ4v) is 4.21. The molecule has 0 saturated carbocycles. The summed E-state index contributed by atoms with van der Waals surface area (Å²) in [6.45, 7) is 0.681. The topological polar surface area (TPSA) is 86.7 Å². The molecule has 0 radical (unpaired) electrons. The molecule has 0 spiro atoms. The summed E-state index contributed by atoms with van der Waals surface area (Å²) in [5, 5.41) is 12.2. The number of carbonyl (C=O) groups excluding carboxylic acids is 2. The second kappa shape index (κ2) is 8.53. The van der Waals surface area contributed by atoms with Crippen LogP contribution in [0.15, 0.2) is 60.7 Å². The van der Waals surface area contributed by atoms with Crippen LogP contribution in [-0.4, -0.2) is 29.4 Å². The van der Waals surface area contributed by atoms with Crippen molar-refractivity contribution in [2.45, 2.75) is 25.7 Å². The average molecular weight is 404 g/mol. The van der Waals surface area contributed by atoms with Crippen LogP contribution in [-0.2, 0) is 16.0 Å². The van der Waals surface area contributed by atoms with E-state index >= 15 is 0 Å². The van der Waals surface area contributed by atoms with Gasteiger partial charge in [-0.05, 0) is 61.6 Å². The van der Waals surface area contributed by atoms with Crippen LogP contribution < -0.4 is 10.2 Å². The Morgan fingerprint density at radius 3 is 2.37 bits per heavy atom. The summed E-state index contributed by atoms with van der Waals surface area (Å²) < 4.78 is 0. The fraction of sp³-hybridized carbons (Fsp3) is 0.292. The third kappa shape index (κ3) is 3.99. The van der Waals surface area contributed by atoms with Gasteiger partial charge in [-0.2, -0.15) is 0 Å². The minimum Gasteiger partial charge on any atom is -0.481 e. The van der Waals surface area contributed by atoms with Gasteiger partial charge in [0.2, 0.25) is 5.91 Å². The first kappa shape index (κ1) is 19.9. The third-order valence-electron chi connectivity index (χ3n) is 5.84. The summed E-state index contributed by atoms with van der Waals surface area (Å²) in [6, 6.07) is 14.7. The summed E-state index contributed by atoms with van der Waals surface area (Å²) in [4.78, 5) is 38.9. The summed E-state index contributed by atoms with van der Waals surface area (Å²) in [7, 11) is 0. The number of amides is 2. The van der Waals surface area contributed by atoms with Crippen molar-refractivity contribution < 1.29 is 19.5 Å². The molecule has 6 nitrogen and oxygen atoms in total. The van der Waals surface area contributed by atoms with Gasteiger partial charge in [0, 0.05) is 23.5 Å². The first-order valence-electron chi connectivity index (χ1n) is 10.2. The summed E-state index contributed by atoms with van der Waals surface area (Å²) in [6.07, 6.45) is 6.33. The molecule has 2 amide bonds. The van der Waals surface area contributed by atoms with Crippen molar-refractivity contribution in [1.82, 2.24) is 0 Å². The van der Waals surface area contributed by atoms with E-state index in [1.54, 1.807) is 29.2 Å². The zero-order valence-electron chi connectivity index (χ0n) is 16.6. The maximum absolute atomic E-state index is 13.0. The molecule has 2 aromatic rings. The first-order chi connectivity index (χ1) is 14.5. The predicted molar refractivity (Wildman–Crippen MR) is 115 cm³/mol. The van der Waals surface area contributed by atoms with Gasteiger partial charge in [0.1, 0.15) is 0 Å². The number of benzene rings is 2. The zero-order chi connectivity index (χ0) is 21.1. The van der Waals surface area contributed by atoms with Crippen molar-refractivity contribution in [3.05, 3.63) is 71.8 Å². The lowest BCUT2D eigenvalue weighted by molar-refractivity contribution is -0.146. The maximum Gasteiger partial charge on any atom is 0.307 e. The van der Waals surface area contributed by atoms with Crippen LogP contribution in [0, 0.1) is 11.8 Å². The predicted octanol–water partition coefficient (Wildman–Crippen LogP) is 3.89. The highest BCUT2D eigenvalue weighted by Crippen LogP contribution is 2.29. The number of hydrogen-bond donors (Lipinski definition) is 2. The molecule has 0 bridgehead atoms. The molecule has 2 atom stereocenters. The van der Waals surface area contributed by atoms with Crippen molar-refractivity contribution in [3.63, 3.8) is 0 Å². The molecule has 154 valence electrons. The van der Waals surface area contributed by atoms with Crippen molar-refractivity contribution in [2.75, 3.05) is 16.8 Å². The number of fused-ring (bicyclic) bond motifs is 1. The van der Waals surface area contributed by atoms with Crippen LogP contribution in [0.1, 0.15) is 35.2 Å². The smallest absolute Gasteiger partial charge is 0.307 e. The second-order valence-electron chi connectivity index (χ2n) is 7.75. The molecule has 4 rings (SSSR count). The number of aryl methyl sites for hydroxylation is 1. The van der Waals surface area contributed by atoms with E-state index < -0.39 is 17.8 Å². The van der Waals surface area contributed by atoms with Gasteiger partial charge in [0.25, 0.3) is 5.91 Å². The molecule has 2 aliphatic rings. The largest absolute Gasteiger partial charge is 0.481 e. The molecular formula is C24H24N2O4. The van der Waals surface area contributed by atoms with E-state index in [9.17, 15) is 19.5 Å². The number of anilines is 2. The normalized spacial score (nSPS) is 20.3. The van der Waals surface area contributed by atoms with E-state index in [0.717, 1.165) is 18.5 Å². The van der Waals surface area contributed by atoms with E-state index in [1.165, 1.54) is 5.56 Å². The van der Waals surface area contributed by atoms with E-state index in [0.29, 0.717) is 30.6 Å². The minimum atomic E-state index is -0.956. The van der Waals surface area contributed by atoms with Crippen molar-refractivity contribution in [2.24, 2.45) is 11.8 Å². The van der Waals surface area contributed by atoms with Gasteiger partial charge >= 0.3 is 5.97 Å². The highest BCUT2D eigenvalue weighted by Gasteiger charge is 2.34. The van der Waals surface area contributed by atoms with E-state index in [-0.39, 0.29) is 11.8 Å². The Morgan fingerprint density at radius 2 is 1.63 bits per heavy atom. The number of para-hydroxylation sites is 1. The van der Waals surface area contributed by atoms with Crippen molar-refractivity contribution in [1.29, 1.82) is 0 Å². The first-order valence-corrected chi connectivity index (χ1v) is 10.2. The Bertz CT molecular complexity index is 997. The standard InChI is InChI=1S/C24H24N2O4/c27-22(19-8-2-3-9-20(19)24(29)30)25-18-13-11-17(12-14-18)23(28)26-15-5-7-16-6-1-4-10-21(16)26/h1-4,6,10-14,19-20H,5,7-9,15H2,(H,25,27)(H,29,30)/t19-,20-/m1/s1. The highest BCUT2D eigenvalue weighted by atomic mass is 16.4. The molecule has 0 fully saturated rings.